The standard InChI is InChI=1S/C14H21ClN2.ClH/c1-11(2)10-17-7-6-16-9-14(17)12-4-3-5-13(15)8-12;/h3-5,8,11,14,16H,6-7,9-10H2,1-2H3;1H. The van der Waals surface area contributed by atoms with E-state index in [0.717, 1.165) is 31.2 Å². The minimum atomic E-state index is 0. The Morgan fingerprint density at radius 2 is 2.22 bits per heavy atom. The Balaban J connectivity index is 0.00000162. The molecule has 4 heteroatoms. The minimum Gasteiger partial charge on any atom is -0.314 e. The van der Waals surface area contributed by atoms with Gasteiger partial charge < -0.3 is 5.32 Å². The quantitative estimate of drug-likeness (QED) is 0.918. The minimum absolute atomic E-state index is 0. The lowest BCUT2D eigenvalue weighted by molar-refractivity contribution is 0.144. The highest BCUT2D eigenvalue weighted by Crippen LogP contribution is 2.25. The van der Waals surface area contributed by atoms with Crippen molar-refractivity contribution in [3.63, 3.8) is 0 Å². The zero-order chi connectivity index (χ0) is 12.3. The van der Waals surface area contributed by atoms with Gasteiger partial charge in [0, 0.05) is 37.2 Å². The molecule has 1 fully saturated rings. The molecule has 18 heavy (non-hydrogen) atoms. The van der Waals surface area contributed by atoms with E-state index in [9.17, 15) is 0 Å². The van der Waals surface area contributed by atoms with Gasteiger partial charge >= 0.3 is 0 Å². The lowest BCUT2D eigenvalue weighted by Crippen LogP contribution is -2.47. The summed E-state index contributed by atoms with van der Waals surface area (Å²) >= 11 is 6.08. The van der Waals surface area contributed by atoms with Crippen LogP contribution in [0.15, 0.2) is 24.3 Å². The van der Waals surface area contributed by atoms with Crippen molar-refractivity contribution >= 4 is 24.0 Å². The summed E-state index contributed by atoms with van der Waals surface area (Å²) in [7, 11) is 0. The molecular weight excluding hydrogens is 267 g/mol. The van der Waals surface area contributed by atoms with Crippen LogP contribution in [0.5, 0.6) is 0 Å². The van der Waals surface area contributed by atoms with Crippen LogP contribution in [-0.2, 0) is 0 Å². The first-order valence-corrected chi connectivity index (χ1v) is 6.75. The molecule has 1 unspecified atom stereocenters. The summed E-state index contributed by atoms with van der Waals surface area (Å²) in [5.74, 6) is 0.704. The average molecular weight is 289 g/mol. The van der Waals surface area contributed by atoms with E-state index in [1.807, 2.05) is 12.1 Å². The van der Waals surface area contributed by atoms with Gasteiger partial charge in [-0.1, -0.05) is 37.6 Å². The van der Waals surface area contributed by atoms with E-state index in [0.29, 0.717) is 12.0 Å². The van der Waals surface area contributed by atoms with Gasteiger partial charge in [0.05, 0.1) is 0 Å². The fourth-order valence-corrected chi connectivity index (χ4v) is 2.68. The number of hydrogen-bond acceptors (Lipinski definition) is 2. The third-order valence-electron chi connectivity index (χ3n) is 3.19. The van der Waals surface area contributed by atoms with Crippen LogP contribution in [0.3, 0.4) is 0 Å². The average Bonchev–Trinajstić information content (AvgIpc) is 2.29. The molecule has 0 aromatic heterocycles. The van der Waals surface area contributed by atoms with Crippen LogP contribution in [0.2, 0.25) is 5.02 Å². The maximum absolute atomic E-state index is 6.08. The van der Waals surface area contributed by atoms with Gasteiger partial charge in [-0.15, -0.1) is 12.4 Å². The first-order chi connectivity index (χ1) is 8.16. The molecule has 0 aliphatic carbocycles. The van der Waals surface area contributed by atoms with Crippen molar-refractivity contribution in [2.24, 2.45) is 5.92 Å². The van der Waals surface area contributed by atoms with Gasteiger partial charge in [-0.05, 0) is 23.6 Å². The highest BCUT2D eigenvalue weighted by Gasteiger charge is 2.24. The molecule has 1 N–H and O–H groups in total. The number of nitrogens with zero attached hydrogens (tertiary/aromatic N) is 1. The molecule has 1 aliphatic heterocycles. The van der Waals surface area contributed by atoms with E-state index in [-0.39, 0.29) is 12.4 Å². The number of hydrogen-bond donors (Lipinski definition) is 1. The molecule has 0 bridgehead atoms. The summed E-state index contributed by atoms with van der Waals surface area (Å²) in [6.45, 7) is 8.93. The molecule has 1 aromatic rings. The largest absolute Gasteiger partial charge is 0.314 e. The zero-order valence-corrected chi connectivity index (χ0v) is 12.6. The number of halogens is 2. The highest BCUT2D eigenvalue weighted by molar-refractivity contribution is 6.30. The molecule has 1 aromatic carbocycles. The van der Waals surface area contributed by atoms with E-state index in [4.69, 9.17) is 11.6 Å². The molecule has 2 nitrogen and oxygen atoms in total. The number of benzene rings is 1. The molecule has 0 amide bonds. The van der Waals surface area contributed by atoms with Gasteiger partial charge in [0.2, 0.25) is 0 Å². The van der Waals surface area contributed by atoms with Crippen LogP contribution < -0.4 is 5.32 Å². The van der Waals surface area contributed by atoms with E-state index in [2.05, 4.69) is 36.2 Å². The second kappa shape index (κ2) is 7.34. The van der Waals surface area contributed by atoms with Gasteiger partial charge in [0.1, 0.15) is 0 Å². The third-order valence-corrected chi connectivity index (χ3v) is 3.42. The molecule has 2 rings (SSSR count). The predicted molar refractivity (Wildman–Crippen MR) is 80.7 cm³/mol. The molecule has 1 saturated heterocycles. The first kappa shape index (κ1) is 15.8. The van der Waals surface area contributed by atoms with Gasteiger partial charge in [-0.3, -0.25) is 4.90 Å². The Labute approximate surface area is 121 Å². The summed E-state index contributed by atoms with van der Waals surface area (Å²) < 4.78 is 0. The normalized spacial score (nSPS) is 20.8. The van der Waals surface area contributed by atoms with Gasteiger partial charge in [-0.25, -0.2) is 0 Å². The maximum Gasteiger partial charge on any atom is 0.0473 e. The lowest BCUT2D eigenvalue weighted by atomic mass is 10.0. The third kappa shape index (κ3) is 4.13. The Morgan fingerprint density at radius 1 is 1.44 bits per heavy atom. The molecule has 0 spiro atoms. The second-order valence-corrected chi connectivity index (χ2v) is 5.60. The smallest absolute Gasteiger partial charge is 0.0473 e. The lowest BCUT2D eigenvalue weighted by Gasteiger charge is -2.37. The number of piperazine rings is 1. The van der Waals surface area contributed by atoms with E-state index >= 15 is 0 Å². The second-order valence-electron chi connectivity index (χ2n) is 5.16. The molecular formula is C14H22Cl2N2. The Hall–Kier alpha value is -0.280. The topological polar surface area (TPSA) is 15.3 Å². The number of nitrogens with one attached hydrogen (secondary N) is 1. The van der Waals surface area contributed by atoms with Crippen LogP contribution >= 0.6 is 24.0 Å². The van der Waals surface area contributed by atoms with Crippen LogP contribution in [0.25, 0.3) is 0 Å². The highest BCUT2D eigenvalue weighted by atomic mass is 35.5. The van der Waals surface area contributed by atoms with Crippen molar-refractivity contribution in [2.75, 3.05) is 26.2 Å². The van der Waals surface area contributed by atoms with Crippen LogP contribution in [0.4, 0.5) is 0 Å². The summed E-state index contributed by atoms with van der Waals surface area (Å²) in [4.78, 5) is 2.56. The van der Waals surface area contributed by atoms with Gasteiger partial charge in [-0.2, -0.15) is 0 Å². The van der Waals surface area contributed by atoms with E-state index in [1.54, 1.807) is 0 Å². The van der Waals surface area contributed by atoms with E-state index in [1.165, 1.54) is 5.56 Å². The van der Waals surface area contributed by atoms with Crippen LogP contribution in [-0.4, -0.2) is 31.1 Å². The van der Waals surface area contributed by atoms with Gasteiger partial charge in [0.15, 0.2) is 0 Å². The molecule has 1 aliphatic rings. The molecule has 0 saturated carbocycles. The van der Waals surface area contributed by atoms with Crippen molar-refractivity contribution in [1.82, 2.24) is 10.2 Å². The van der Waals surface area contributed by atoms with Crippen molar-refractivity contribution in [1.29, 1.82) is 0 Å². The van der Waals surface area contributed by atoms with Crippen molar-refractivity contribution in [3.8, 4) is 0 Å². The predicted octanol–water partition coefficient (Wildman–Crippen LogP) is 3.36. The van der Waals surface area contributed by atoms with E-state index < -0.39 is 0 Å². The maximum atomic E-state index is 6.08. The van der Waals surface area contributed by atoms with Crippen molar-refractivity contribution in [3.05, 3.63) is 34.9 Å². The Kier molecular flexibility index (Phi) is 6.44. The van der Waals surface area contributed by atoms with Gasteiger partial charge in [0.25, 0.3) is 0 Å². The van der Waals surface area contributed by atoms with Crippen molar-refractivity contribution in [2.45, 2.75) is 19.9 Å². The van der Waals surface area contributed by atoms with Crippen molar-refractivity contribution < 1.29 is 0 Å². The molecule has 102 valence electrons. The molecule has 0 radical (unpaired) electrons. The first-order valence-electron chi connectivity index (χ1n) is 6.37. The Bertz CT molecular complexity index is 369. The number of rotatable bonds is 3. The summed E-state index contributed by atoms with van der Waals surface area (Å²) in [6.07, 6.45) is 0. The van der Waals surface area contributed by atoms with Crippen LogP contribution in [0.1, 0.15) is 25.5 Å². The fourth-order valence-electron chi connectivity index (χ4n) is 2.48. The molecule has 1 heterocycles. The Morgan fingerprint density at radius 3 is 2.89 bits per heavy atom. The zero-order valence-electron chi connectivity index (χ0n) is 11.0. The summed E-state index contributed by atoms with van der Waals surface area (Å²) in [5.41, 5.74) is 1.32. The summed E-state index contributed by atoms with van der Waals surface area (Å²) in [6, 6.07) is 8.71. The summed E-state index contributed by atoms with van der Waals surface area (Å²) in [5, 5.41) is 4.30. The fraction of sp³-hybridized carbons (Fsp3) is 0.571. The van der Waals surface area contributed by atoms with Crippen LogP contribution in [0, 0.1) is 5.92 Å². The molecule has 1 atom stereocenters. The monoisotopic (exact) mass is 288 g/mol. The SMILES string of the molecule is CC(C)CN1CCNCC1c1cccc(Cl)c1.Cl.